The van der Waals surface area contributed by atoms with Crippen molar-refractivity contribution in [1.29, 1.82) is 0 Å². The van der Waals surface area contributed by atoms with E-state index in [1.165, 1.54) is 12.1 Å². The zero-order chi connectivity index (χ0) is 18.9. The van der Waals surface area contributed by atoms with Crippen LogP contribution >= 0.6 is 11.6 Å². The van der Waals surface area contributed by atoms with Crippen molar-refractivity contribution in [3.63, 3.8) is 0 Å². The van der Waals surface area contributed by atoms with E-state index >= 15 is 0 Å². The van der Waals surface area contributed by atoms with Gasteiger partial charge >= 0.3 is 0 Å². The van der Waals surface area contributed by atoms with Crippen LogP contribution in [0.5, 0.6) is 0 Å². The van der Waals surface area contributed by atoms with E-state index in [0.29, 0.717) is 22.2 Å². The van der Waals surface area contributed by atoms with Crippen molar-refractivity contribution in [3.8, 4) is 0 Å². The number of amides is 1. The largest absolute Gasteiger partial charge is 0.339 e. The van der Waals surface area contributed by atoms with Gasteiger partial charge in [0, 0.05) is 29.4 Å². The highest BCUT2D eigenvalue weighted by molar-refractivity contribution is 7.92. The maximum Gasteiger partial charge on any atom is 0.261 e. The van der Waals surface area contributed by atoms with Crippen LogP contribution in [0, 0.1) is 5.92 Å². The maximum absolute atomic E-state index is 12.6. The van der Waals surface area contributed by atoms with Crippen molar-refractivity contribution >= 4 is 33.2 Å². The molecular formula is C19H21ClN2O3S. The molecule has 2 aromatic rings. The molecule has 5 nitrogen and oxygen atoms in total. The van der Waals surface area contributed by atoms with Gasteiger partial charge in [0.25, 0.3) is 15.9 Å². The monoisotopic (exact) mass is 392 g/mol. The quantitative estimate of drug-likeness (QED) is 0.807. The molecule has 0 spiro atoms. The molecule has 1 aliphatic rings. The third-order valence-corrected chi connectivity index (χ3v) is 6.39. The molecule has 1 atom stereocenters. The highest BCUT2D eigenvalue weighted by Crippen LogP contribution is 2.35. The van der Waals surface area contributed by atoms with Crippen LogP contribution in [0.2, 0.25) is 5.02 Å². The minimum atomic E-state index is -3.73. The smallest absolute Gasteiger partial charge is 0.261 e. The van der Waals surface area contributed by atoms with Crippen molar-refractivity contribution in [1.82, 2.24) is 4.90 Å². The third kappa shape index (κ3) is 4.19. The second-order valence-corrected chi connectivity index (χ2v) is 8.75. The summed E-state index contributed by atoms with van der Waals surface area (Å²) >= 11 is 5.80. The molecule has 0 heterocycles. The van der Waals surface area contributed by atoms with E-state index in [4.69, 9.17) is 11.6 Å². The number of nitrogens with zero attached hydrogens (tertiary/aromatic N) is 1. The molecule has 0 aliphatic heterocycles. The van der Waals surface area contributed by atoms with E-state index in [2.05, 4.69) is 4.72 Å². The van der Waals surface area contributed by atoms with Gasteiger partial charge < -0.3 is 4.90 Å². The fraction of sp³-hybridized carbons (Fsp3) is 0.316. The Morgan fingerprint density at radius 2 is 1.69 bits per heavy atom. The number of halogens is 1. The Morgan fingerprint density at radius 3 is 2.23 bits per heavy atom. The van der Waals surface area contributed by atoms with Crippen molar-refractivity contribution in [2.75, 3.05) is 11.8 Å². The molecule has 0 saturated heterocycles. The average Bonchev–Trinajstić information content (AvgIpc) is 3.47. The summed E-state index contributed by atoms with van der Waals surface area (Å²) in [5, 5.41) is 0.528. The molecule has 3 rings (SSSR count). The van der Waals surface area contributed by atoms with Gasteiger partial charge in [0.1, 0.15) is 0 Å². The summed E-state index contributed by atoms with van der Waals surface area (Å²) in [5.41, 5.74) is 0.901. The van der Waals surface area contributed by atoms with Crippen LogP contribution in [0.3, 0.4) is 0 Å². The van der Waals surface area contributed by atoms with Crippen molar-refractivity contribution in [2.24, 2.45) is 5.92 Å². The molecule has 7 heteroatoms. The number of carbonyl (C=O) groups is 1. The van der Waals surface area contributed by atoms with Crippen LogP contribution in [0.15, 0.2) is 53.4 Å². The first-order valence-corrected chi connectivity index (χ1v) is 10.3. The second kappa shape index (κ2) is 7.29. The number of sulfonamides is 1. The lowest BCUT2D eigenvalue weighted by atomic mass is 10.1. The first-order valence-electron chi connectivity index (χ1n) is 8.43. The van der Waals surface area contributed by atoms with Crippen molar-refractivity contribution < 1.29 is 13.2 Å². The zero-order valence-electron chi connectivity index (χ0n) is 14.6. The van der Waals surface area contributed by atoms with Gasteiger partial charge in [-0.25, -0.2) is 8.42 Å². The van der Waals surface area contributed by atoms with Gasteiger partial charge in [0.15, 0.2) is 0 Å². The Kier molecular flexibility index (Phi) is 5.25. The molecule has 0 aromatic heterocycles. The van der Waals surface area contributed by atoms with Gasteiger partial charge in [0.05, 0.1) is 4.90 Å². The molecule has 1 amide bonds. The Hall–Kier alpha value is -2.05. The Bertz CT molecular complexity index is 891. The van der Waals surface area contributed by atoms with Gasteiger partial charge in [-0.05, 0) is 74.2 Å². The van der Waals surface area contributed by atoms with Crippen LogP contribution in [-0.2, 0) is 10.0 Å². The molecular weight excluding hydrogens is 372 g/mol. The van der Waals surface area contributed by atoms with Gasteiger partial charge in [-0.1, -0.05) is 11.6 Å². The highest BCUT2D eigenvalue weighted by Gasteiger charge is 2.32. The molecule has 138 valence electrons. The first kappa shape index (κ1) is 18.7. The summed E-state index contributed by atoms with van der Waals surface area (Å²) in [7, 11) is -1.94. The van der Waals surface area contributed by atoms with Crippen molar-refractivity contribution in [2.45, 2.75) is 30.7 Å². The van der Waals surface area contributed by atoms with Gasteiger partial charge in [-0.15, -0.1) is 0 Å². The summed E-state index contributed by atoms with van der Waals surface area (Å²) in [4.78, 5) is 14.4. The number of hydrogen-bond donors (Lipinski definition) is 1. The third-order valence-electron chi connectivity index (χ3n) is 4.74. The van der Waals surface area contributed by atoms with E-state index in [-0.39, 0.29) is 16.8 Å². The van der Waals surface area contributed by atoms with Crippen LogP contribution in [0.1, 0.15) is 30.1 Å². The highest BCUT2D eigenvalue weighted by atomic mass is 35.5. The molecule has 0 radical (unpaired) electrons. The molecule has 1 unspecified atom stereocenters. The summed E-state index contributed by atoms with van der Waals surface area (Å²) in [6.45, 7) is 2.05. The lowest BCUT2D eigenvalue weighted by molar-refractivity contribution is 0.0727. The van der Waals surface area contributed by atoms with Gasteiger partial charge in [-0.2, -0.15) is 0 Å². The van der Waals surface area contributed by atoms with E-state index in [0.717, 1.165) is 12.8 Å². The lowest BCUT2D eigenvalue weighted by Gasteiger charge is -2.25. The summed E-state index contributed by atoms with van der Waals surface area (Å²) in [6.07, 6.45) is 2.32. The van der Waals surface area contributed by atoms with Gasteiger partial charge in [-0.3, -0.25) is 9.52 Å². The summed E-state index contributed by atoms with van der Waals surface area (Å²) < 4.78 is 27.4. The Labute approximate surface area is 159 Å². The molecule has 1 aliphatic carbocycles. The van der Waals surface area contributed by atoms with Crippen LogP contribution in [0.4, 0.5) is 5.69 Å². The predicted octanol–water partition coefficient (Wildman–Crippen LogP) is 4.01. The molecule has 2 aromatic carbocycles. The molecule has 1 N–H and O–H groups in total. The fourth-order valence-corrected chi connectivity index (χ4v) is 3.98. The molecule has 26 heavy (non-hydrogen) atoms. The number of rotatable bonds is 6. The van der Waals surface area contributed by atoms with E-state index in [1.54, 1.807) is 48.3 Å². The minimum Gasteiger partial charge on any atom is -0.339 e. The van der Waals surface area contributed by atoms with E-state index in [9.17, 15) is 13.2 Å². The Balaban J connectivity index is 1.73. The van der Waals surface area contributed by atoms with Crippen LogP contribution in [-0.4, -0.2) is 32.3 Å². The number of anilines is 1. The minimum absolute atomic E-state index is 0.0981. The average molecular weight is 393 g/mol. The second-order valence-electron chi connectivity index (χ2n) is 6.63. The lowest BCUT2D eigenvalue weighted by Crippen LogP contribution is -2.36. The van der Waals surface area contributed by atoms with E-state index in [1.807, 2.05) is 6.92 Å². The van der Waals surface area contributed by atoms with Crippen molar-refractivity contribution in [3.05, 3.63) is 59.1 Å². The topological polar surface area (TPSA) is 66.5 Å². The molecule has 0 bridgehead atoms. The summed E-state index contributed by atoms with van der Waals surface area (Å²) in [5.74, 6) is 0.478. The Morgan fingerprint density at radius 1 is 1.12 bits per heavy atom. The van der Waals surface area contributed by atoms with Crippen LogP contribution in [0.25, 0.3) is 0 Å². The van der Waals surface area contributed by atoms with Crippen LogP contribution < -0.4 is 4.72 Å². The predicted molar refractivity (Wildman–Crippen MR) is 103 cm³/mol. The zero-order valence-corrected chi connectivity index (χ0v) is 16.2. The number of benzene rings is 2. The SMILES string of the molecule is CC(C1CC1)N(C)C(=O)c1ccc(S(=O)(=O)Nc2ccc(Cl)cc2)cc1. The van der Waals surface area contributed by atoms with Gasteiger partial charge in [0.2, 0.25) is 0 Å². The molecule has 1 fully saturated rings. The summed E-state index contributed by atoms with van der Waals surface area (Å²) in [6, 6.07) is 12.6. The normalized spacial score (nSPS) is 15.3. The number of carbonyl (C=O) groups excluding carboxylic acids is 1. The van der Waals surface area contributed by atoms with E-state index < -0.39 is 10.0 Å². The molecule has 1 saturated carbocycles. The first-order chi connectivity index (χ1) is 12.3. The number of hydrogen-bond acceptors (Lipinski definition) is 3. The maximum atomic E-state index is 12.6. The fourth-order valence-electron chi connectivity index (χ4n) is 2.79. The standard InChI is InChI=1S/C19H21ClN2O3S/c1-13(14-3-4-14)22(2)19(23)15-5-11-18(12-6-15)26(24,25)21-17-9-7-16(20)8-10-17/h5-14,21H,3-4H2,1-2H3. The number of nitrogens with one attached hydrogen (secondary N) is 1.